The lowest BCUT2D eigenvalue weighted by Crippen LogP contribution is -2.41. The molecule has 0 unspecified atom stereocenters. The van der Waals surface area contributed by atoms with E-state index < -0.39 is 0 Å². The van der Waals surface area contributed by atoms with Crippen molar-refractivity contribution in [2.75, 3.05) is 18.9 Å². The van der Waals surface area contributed by atoms with Gasteiger partial charge in [-0.3, -0.25) is 18.6 Å². The molecule has 0 spiro atoms. The van der Waals surface area contributed by atoms with Crippen molar-refractivity contribution in [2.24, 2.45) is 0 Å². The second-order valence-electron chi connectivity index (χ2n) is 10.1. The predicted molar refractivity (Wildman–Crippen MR) is 164 cm³/mol. The molecule has 1 amide bonds. The van der Waals surface area contributed by atoms with Crippen molar-refractivity contribution >= 4 is 50.7 Å². The highest BCUT2D eigenvalue weighted by Crippen LogP contribution is 2.27. The molecule has 0 saturated heterocycles. The van der Waals surface area contributed by atoms with Gasteiger partial charge in [0.25, 0.3) is 11.5 Å². The van der Waals surface area contributed by atoms with E-state index in [0.717, 1.165) is 15.6 Å². The van der Waals surface area contributed by atoms with Crippen LogP contribution in [0.5, 0.6) is 0 Å². The van der Waals surface area contributed by atoms with Crippen molar-refractivity contribution < 1.29 is 4.79 Å². The van der Waals surface area contributed by atoms with E-state index >= 15 is 0 Å². The molecule has 7 rings (SSSR count). The van der Waals surface area contributed by atoms with Gasteiger partial charge in [0, 0.05) is 53.4 Å². The van der Waals surface area contributed by atoms with E-state index in [2.05, 4.69) is 43.6 Å². The van der Waals surface area contributed by atoms with Gasteiger partial charge in [-0.05, 0) is 52.2 Å². The van der Waals surface area contributed by atoms with Gasteiger partial charge in [-0.15, -0.1) is 10.2 Å². The second kappa shape index (κ2) is 10.4. The number of rotatable bonds is 5. The maximum Gasteiger partial charge on any atom is 0.261 e. The standard InChI is InChI=1S/C30H24BrClN8O2/c1-33-30-36-35-26-15-21(9-12-38(26)30)39-27-20(13-18-5-3-2-4-6-18)16-34-40(27)25-17-37(11-10-22(25)29(39)42)28(41)19-7-8-23(31)24(32)14-19/h2-9,12,14-16H,10-11,13,17H2,1H3,(H,33,36). The number of aromatic nitrogens is 6. The number of nitrogens with one attached hydrogen (secondary N) is 1. The highest BCUT2D eigenvalue weighted by Gasteiger charge is 2.29. The van der Waals surface area contributed by atoms with Gasteiger partial charge in [0.15, 0.2) is 5.65 Å². The molecule has 1 aliphatic heterocycles. The van der Waals surface area contributed by atoms with Crippen molar-refractivity contribution in [2.45, 2.75) is 19.4 Å². The third-order valence-corrected chi connectivity index (χ3v) is 8.87. The molecule has 42 heavy (non-hydrogen) atoms. The smallest absolute Gasteiger partial charge is 0.261 e. The van der Waals surface area contributed by atoms with E-state index in [1.165, 1.54) is 0 Å². The first-order valence-corrected chi connectivity index (χ1v) is 14.5. The Morgan fingerprint density at radius 1 is 1.10 bits per heavy atom. The lowest BCUT2D eigenvalue weighted by molar-refractivity contribution is 0.0729. The number of halogens is 2. The Morgan fingerprint density at radius 2 is 1.93 bits per heavy atom. The minimum Gasteiger partial charge on any atom is -0.357 e. The summed E-state index contributed by atoms with van der Waals surface area (Å²) in [5, 5.41) is 16.7. The number of carbonyl (C=O) groups excluding carboxylic acids is 1. The predicted octanol–water partition coefficient (Wildman–Crippen LogP) is 4.77. The molecule has 4 aromatic heterocycles. The molecule has 0 saturated carbocycles. The molecule has 5 heterocycles. The van der Waals surface area contributed by atoms with Gasteiger partial charge in [0.1, 0.15) is 5.65 Å². The van der Waals surface area contributed by atoms with Crippen molar-refractivity contribution in [1.29, 1.82) is 0 Å². The number of pyridine rings is 1. The first-order valence-electron chi connectivity index (χ1n) is 13.4. The Hall–Kier alpha value is -4.48. The van der Waals surface area contributed by atoms with Crippen LogP contribution in [0.25, 0.3) is 17.0 Å². The first-order chi connectivity index (χ1) is 20.4. The van der Waals surface area contributed by atoms with E-state index in [1.807, 2.05) is 51.6 Å². The third kappa shape index (κ3) is 4.36. The Kier molecular flexibility index (Phi) is 6.55. The molecule has 1 N–H and O–H groups in total. The third-order valence-electron chi connectivity index (χ3n) is 7.63. The summed E-state index contributed by atoms with van der Waals surface area (Å²) in [7, 11) is 1.78. The summed E-state index contributed by atoms with van der Waals surface area (Å²) in [5.41, 5.74) is 5.60. The minimum absolute atomic E-state index is 0.135. The van der Waals surface area contributed by atoms with E-state index in [1.54, 1.807) is 34.7 Å². The maximum absolute atomic E-state index is 14.3. The number of hydrogen-bond donors (Lipinski definition) is 1. The SMILES string of the molecule is CNc1nnc2cc(-n3c(=O)c4c(n5ncc(Cc6ccccc6)c35)CN(C(=O)c3ccc(Br)c(Cl)c3)CC4)ccn12. The van der Waals surface area contributed by atoms with E-state index in [9.17, 15) is 9.59 Å². The summed E-state index contributed by atoms with van der Waals surface area (Å²) in [6.07, 6.45) is 4.63. The molecule has 12 heteroatoms. The zero-order valence-electron chi connectivity index (χ0n) is 22.5. The Bertz CT molecular complexity index is 2070. The van der Waals surface area contributed by atoms with Crippen molar-refractivity contribution in [3.63, 3.8) is 0 Å². The van der Waals surface area contributed by atoms with E-state index in [-0.39, 0.29) is 18.0 Å². The molecular weight excluding hydrogens is 620 g/mol. The van der Waals surface area contributed by atoms with Gasteiger partial charge in [0.05, 0.1) is 29.1 Å². The van der Waals surface area contributed by atoms with Crippen molar-refractivity contribution in [3.8, 4) is 5.69 Å². The fraction of sp³-hybridized carbons (Fsp3) is 0.167. The van der Waals surface area contributed by atoms with Gasteiger partial charge in [-0.25, -0.2) is 4.52 Å². The summed E-state index contributed by atoms with van der Waals surface area (Å²) in [5.74, 6) is 0.451. The van der Waals surface area contributed by atoms with Gasteiger partial charge >= 0.3 is 0 Å². The monoisotopic (exact) mass is 642 g/mol. The van der Waals surface area contributed by atoms with Crippen LogP contribution in [0.15, 0.2) is 82.3 Å². The molecule has 0 aliphatic carbocycles. The normalized spacial score (nSPS) is 13.1. The van der Waals surface area contributed by atoms with Crippen molar-refractivity contribution in [3.05, 3.63) is 121 Å². The highest BCUT2D eigenvalue weighted by atomic mass is 79.9. The van der Waals surface area contributed by atoms with Crippen LogP contribution in [-0.2, 0) is 19.4 Å². The average Bonchev–Trinajstić information content (AvgIpc) is 3.62. The number of anilines is 1. The zero-order valence-corrected chi connectivity index (χ0v) is 24.8. The lowest BCUT2D eigenvalue weighted by Gasteiger charge is -2.29. The Labute approximate surface area is 253 Å². The number of carbonyl (C=O) groups is 1. The van der Waals surface area contributed by atoms with Crippen LogP contribution in [0.2, 0.25) is 5.02 Å². The molecule has 2 aromatic carbocycles. The number of hydrogen-bond acceptors (Lipinski definition) is 6. The second-order valence-corrected chi connectivity index (χ2v) is 11.4. The Balaban J connectivity index is 1.39. The fourth-order valence-electron chi connectivity index (χ4n) is 5.57. The molecule has 210 valence electrons. The summed E-state index contributed by atoms with van der Waals surface area (Å²) >= 11 is 9.66. The number of amides is 1. The summed E-state index contributed by atoms with van der Waals surface area (Å²) < 4.78 is 6.07. The van der Waals surface area contributed by atoms with Crippen molar-refractivity contribution in [1.82, 2.24) is 33.7 Å². The van der Waals surface area contributed by atoms with Gasteiger partial charge in [-0.1, -0.05) is 41.9 Å². The number of fused-ring (bicyclic) bond motifs is 4. The average molecular weight is 644 g/mol. The van der Waals surface area contributed by atoms with Crippen LogP contribution < -0.4 is 10.9 Å². The summed E-state index contributed by atoms with van der Waals surface area (Å²) in [4.78, 5) is 29.5. The number of nitrogens with zero attached hydrogens (tertiary/aromatic N) is 7. The van der Waals surface area contributed by atoms with Crippen LogP contribution in [-0.4, -0.2) is 53.2 Å². The number of benzene rings is 2. The van der Waals surface area contributed by atoms with Crippen LogP contribution in [0.3, 0.4) is 0 Å². The zero-order chi connectivity index (χ0) is 29.0. The maximum atomic E-state index is 14.3. The van der Waals surface area contributed by atoms with Crippen LogP contribution >= 0.6 is 27.5 Å². The van der Waals surface area contributed by atoms with Crippen LogP contribution in [0, 0.1) is 0 Å². The molecule has 0 fully saturated rings. The van der Waals surface area contributed by atoms with Gasteiger partial charge < -0.3 is 10.2 Å². The Morgan fingerprint density at radius 3 is 2.71 bits per heavy atom. The lowest BCUT2D eigenvalue weighted by atomic mass is 10.0. The first kappa shape index (κ1) is 26.4. The molecule has 10 nitrogen and oxygen atoms in total. The topological polar surface area (TPSA) is 102 Å². The van der Waals surface area contributed by atoms with Gasteiger partial charge in [0.2, 0.25) is 5.95 Å². The molecule has 6 aromatic rings. The van der Waals surface area contributed by atoms with Crippen LogP contribution in [0.4, 0.5) is 5.95 Å². The largest absolute Gasteiger partial charge is 0.357 e. The highest BCUT2D eigenvalue weighted by molar-refractivity contribution is 9.10. The quantitative estimate of drug-likeness (QED) is 0.290. The summed E-state index contributed by atoms with van der Waals surface area (Å²) in [6.45, 7) is 0.642. The van der Waals surface area contributed by atoms with E-state index in [0.29, 0.717) is 64.2 Å². The van der Waals surface area contributed by atoms with Gasteiger partial charge in [-0.2, -0.15) is 5.10 Å². The molecule has 0 atom stereocenters. The molecule has 1 aliphatic rings. The fourth-order valence-corrected chi connectivity index (χ4v) is 6.00. The minimum atomic E-state index is -0.151. The molecule has 0 radical (unpaired) electrons. The molecular formula is C30H24BrClN8O2. The molecule has 0 bridgehead atoms. The van der Waals surface area contributed by atoms with E-state index in [4.69, 9.17) is 16.7 Å². The summed E-state index contributed by atoms with van der Waals surface area (Å²) in [6, 6.07) is 18.9. The van der Waals surface area contributed by atoms with Crippen LogP contribution in [0.1, 0.15) is 32.7 Å².